The molecule has 6 nitrogen and oxygen atoms in total. The number of carbonyl (C=O) groups is 3. The minimum absolute atomic E-state index is 0.0380. The third-order valence-corrected chi connectivity index (χ3v) is 5.74. The van der Waals surface area contributed by atoms with Crippen LogP contribution < -0.4 is 0 Å². The largest absolute Gasteiger partial charge is 0.440 e. The standard InChI is InChI=1S/C25H46O6/c1-4-7-10-12-15-18-22(28)25(23(29)20-26,21(27)17-14-9-6-3)31-24(30)19-16-13-11-8-5-2/h23,26,29H,4-20H2,1-3H3. The van der Waals surface area contributed by atoms with Crippen LogP contribution in [-0.2, 0) is 19.1 Å². The summed E-state index contributed by atoms with van der Waals surface area (Å²) in [4.78, 5) is 38.8. The molecule has 182 valence electrons. The minimum Gasteiger partial charge on any atom is -0.440 e. The van der Waals surface area contributed by atoms with E-state index in [2.05, 4.69) is 13.8 Å². The van der Waals surface area contributed by atoms with E-state index in [4.69, 9.17) is 4.74 Å². The van der Waals surface area contributed by atoms with Gasteiger partial charge in [0.05, 0.1) is 6.61 Å². The van der Waals surface area contributed by atoms with Gasteiger partial charge in [0.25, 0.3) is 5.60 Å². The summed E-state index contributed by atoms with van der Waals surface area (Å²) in [5, 5.41) is 20.1. The molecule has 0 radical (unpaired) electrons. The smallest absolute Gasteiger partial charge is 0.307 e. The summed E-state index contributed by atoms with van der Waals surface area (Å²) in [6.45, 7) is 5.40. The highest BCUT2D eigenvalue weighted by atomic mass is 16.6. The molecule has 0 aliphatic carbocycles. The van der Waals surface area contributed by atoms with Gasteiger partial charge in [0, 0.05) is 19.3 Å². The first-order valence-corrected chi connectivity index (χ1v) is 12.5. The predicted molar refractivity (Wildman–Crippen MR) is 123 cm³/mol. The maximum atomic E-state index is 13.2. The predicted octanol–water partition coefficient (Wildman–Crippen LogP) is 5.06. The highest BCUT2D eigenvalue weighted by molar-refractivity contribution is 6.12. The molecule has 0 aromatic rings. The molecular weight excluding hydrogens is 396 g/mol. The number of carbonyl (C=O) groups excluding carboxylic acids is 3. The highest BCUT2D eigenvalue weighted by Gasteiger charge is 2.53. The number of Topliss-reactive ketones (excluding diaryl/α,β-unsaturated/α-hetero) is 2. The topological polar surface area (TPSA) is 101 Å². The molecule has 6 heteroatoms. The number of hydrogen-bond acceptors (Lipinski definition) is 6. The van der Waals surface area contributed by atoms with Gasteiger partial charge >= 0.3 is 5.97 Å². The first-order chi connectivity index (χ1) is 14.9. The summed E-state index contributed by atoms with van der Waals surface area (Å²) in [5.41, 5.74) is -2.28. The van der Waals surface area contributed by atoms with Gasteiger partial charge in [-0.2, -0.15) is 0 Å². The van der Waals surface area contributed by atoms with E-state index in [0.29, 0.717) is 19.3 Å². The van der Waals surface area contributed by atoms with Crippen LogP contribution in [0.3, 0.4) is 0 Å². The SMILES string of the molecule is CCCCCCCC(=O)OC(C(=O)CCCCC)(C(=O)CCCCCCC)C(O)CO. The van der Waals surface area contributed by atoms with Crippen LogP contribution in [0, 0.1) is 0 Å². The van der Waals surface area contributed by atoms with Crippen molar-refractivity contribution in [1.29, 1.82) is 0 Å². The van der Waals surface area contributed by atoms with Crippen molar-refractivity contribution in [2.24, 2.45) is 0 Å². The molecule has 31 heavy (non-hydrogen) atoms. The zero-order chi connectivity index (χ0) is 23.5. The van der Waals surface area contributed by atoms with E-state index in [9.17, 15) is 24.6 Å². The molecular formula is C25H46O6. The zero-order valence-corrected chi connectivity index (χ0v) is 20.1. The minimum atomic E-state index is -2.28. The molecule has 0 aromatic carbocycles. The molecule has 0 saturated heterocycles. The molecule has 0 aromatic heterocycles. The molecule has 0 amide bonds. The lowest BCUT2D eigenvalue weighted by Gasteiger charge is -2.34. The van der Waals surface area contributed by atoms with Crippen molar-refractivity contribution < 1.29 is 29.3 Å². The van der Waals surface area contributed by atoms with Gasteiger partial charge in [-0.1, -0.05) is 85.0 Å². The lowest BCUT2D eigenvalue weighted by atomic mass is 9.82. The van der Waals surface area contributed by atoms with E-state index in [1.165, 1.54) is 0 Å². The second-order valence-electron chi connectivity index (χ2n) is 8.54. The van der Waals surface area contributed by atoms with Crippen molar-refractivity contribution in [2.75, 3.05) is 6.61 Å². The Morgan fingerprint density at radius 1 is 0.677 bits per heavy atom. The van der Waals surface area contributed by atoms with Crippen LogP contribution in [0.5, 0.6) is 0 Å². The Labute approximate surface area is 189 Å². The molecule has 0 aliphatic rings. The van der Waals surface area contributed by atoms with Crippen molar-refractivity contribution >= 4 is 17.5 Å². The Balaban J connectivity index is 5.36. The van der Waals surface area contributed by atoms with Crippen molar-refractivity contribution in [3.05, 3.63) is 0 Å². The van der Waals surface area contributed by atoms with Crippen LogP contribution in [0.25, 0.3) is 0 Å². The van der Waals surface area contributed by atoms with E-state index in [0.717, 1.165) is 64.2 Å². The molecule has 0 heterocycles. The normalized spacial score (nSPS) is 14.1. The van der Waals surface area contributed by atoms with Crippen LogP contribution in [0.15, 0.2) is 0 Å². The van der Waals surface area contributed by atoms with E-state index in [1.54, 1.807) is 0 Å². The van der Waals surface area contributed by atoms with E-state index in [-0.39, 0.29) is 19.3 Å². The zero-order valence-electron chi connectivity index (χ0n) is 20.1. The van der Waals surface area contributed by atoms with Gasteiger partial charge in [0.2, 0.25) is 0 Å². The van der Waals surface area contributed by atoms with E-state index >= 15 is 0 Å². The summed E-state index contributed by atoms with van der Waals surface area (Å²) < 4.78 is 5.48. The van der Waals surface area contributed by atoms with E-state index < -0.39 is 35.8 Å². The Kier molecular flexibility index (Phi) is 17.6. The summed E-state index contributed by atoms with van der Waals surface area (Å²) in [5.74, 6) is -1.85. The monoisotopic (exact) mass is 442 g/mol. The number of aliphatic hydroxyl groups excluding tert-OH is 2. The summed E-state index contributed by atoms with van der Waals surface area (Å²) >= 11 is 0. The van der Waals surface area contributed by atoms with Crippen molar-refractivity contribution in [2.45, 2.75) is 135 Å². The molecule has 2 atom stereocenters. The Bertz CT molecular complexity index is 504. The number of unbranched alkanes of at least 4 members (excludes halogenated alkanes) is 10. The third-order valence-electron chi connectivity index (χ3n) is 5.74. The highest BCUT2D eigenvalue weighted by Crippen LogP contribution is 2.27. The molecule has 0 aliphatic heterocycles. The number of hydrogen-bond donors (Lipinski definition) is 2. The molecule has 0 fully saturated rings. The maximum Gasteiger partial charge on any atom is 0.307 e. The van der Waals surface area contributed by atoms with Crippen molar-refractivity contribution in [1.82, 2.24) is 0 Å². The lowest BCUT2D eigenvalue weighted by Crippen LogP contribution is -2.60. The van der Waals surface area contributed by atoms with Gasteiger partial charge in [0.1, 0.15) is 6.10 Å². The van der Waals surface area contributed by atoms with Crippen LogP contribution in [0.4, 0.5) is 0 Å². The second-order valence-corrected chi connectivity index (χ2v) is 8.54. The first-order valence-electron chi connectivity index (χ1n) is 12.5. The maximum absolute atomic E-state index is 13.2. The van der Waals surface area contributed by atoms with Crippen LogP contribution in [-0.4, -0.2) is 46.1 Å². The first kappa shape index (κ1) is 29.7. The second kappa shape index (κ2) is 18.3. The number of ether oxygens (including phenoxy) is 1. The van der Waals surface area contributed by atoms with E-state index in [1.807, 2.05) is 6.92 Å². The summed E-state index contributed by atoms with van der Waals surface area (Å²) in [6.07, 6.45) is 9.89. The van der Waals surface area contributed by atoms with Gasteiger partial charge in [-0.3, -0.25) is 14.4 Å². The molecule has 0 bridgehead atoms. The molecule has 0 saturated carbocycles. The van der Waals surface area contributed by atoms with Gasteiger partial charge in [-0.25, -0.2) is 0 Å². The van der Waals surface area contributed by atoms with Crippen LogP contribution in [0.2, 0.25) is 0 Å². The average molecular weight is 443 g/mol. The molecule has 0 rings (SSSR count). The Morgan fingerprint density at radius 3 is 1.52 bits per heavy atom. The fraction of sp³-hybridized carbons (Fsp3) is 0.880. The quantitative estimate of drug-likeness (QED) is 0.146. The van der Waals surface area contributed by atoms with Gasteiger partial charge < -0.3 is 14.9 Å². The fourth-order valence-corrected chi connectivity index (χ4v) is 3.74. The van der Waals surface area contributed by atoms with Gasteiger partial charge in [-0.15, -0.1) is 0 Å². The fourth-order valence-electron chi connectivity index (χ4n) is 3.74. The third kappa shape index (κ3) is 11.2. The number of rotatable bonds is 21. The summed E-state index contributed by atoms with van der Waals surface area (Å²) in [7, 11) is 0. The number of esters is 1. The average Bonchev–Trinajstić information content (AvgIpc) is 2.76. The van der Waals surface area contributed by atoms with Crippen LogP contribution >= 0.6 is 0 Å². The molecule has 2 N–H and O–H groups in total. The van der Waals surface area contributed by atoms with Crippen molar-refractivity contribution in [3.8, 4) is 0 Å². The van der Waals surface area contributed by atoms with Crippen molar-refractivity contribution in [3.63, 3.8) is 0 Å². The Hall–Kier alpha value is -1.27. The number of aliphatic hydroxyl groups is 2. The number of ketones is 2. The van der Waals surface area contributed by atoms with Crippen LogP contribution in [0.1, 0.15) is 124 Å². The lowest BCUT2D eigenvalue weighted by molar-refractivity contribution is -0.188. The van der Waals surface area contributed by atoms with Gasteiger partial charge in [-0.05, 0) is 19.3 Å². The molecule has 0 spiro atoms. The van der Waals surface area contributed by atoms with Gasteiger partial charge in [0.15, 0.2) is 11.6 Å². The summed E-state index contributed by atoms with van der Waals surface area (Å²) in [6, 6.07) is 0. The Morgan fingerprint density at radius 2 is 1.06 bits per heavy atom. The molecule has 2 unspecified atom stereocenters.